The molecule has 0 bridgehead atoms. The zero-order valence-electron chi connectivity index (χ0n) is 13.9. The molecule has 1 aliphatic rings. The van der Waals surface area contributed by atoms with Gasteiger partial charge in [-0.1, -0.05) is 29.4 Å². The van der Waals surface area contributed by atoms with Crippen LogP contribution in [0.2, 0.25) is 5.02 Å². The second kappa shape index (κ2) is 7.34. The number of halogens is 1. The Morgan fingerprint density at radius 3 is 3.04 bits per heavy atom. The molecule has 0 saturated heterocycles. The lowest BCUT2D eigenvalue weighted by atomic mass is 10.3. The van der Waals surface area contributed by atoms with Gasteiger partial charge in [0.1, 0.15) is 0 Å². The lowest BCUT2D eigenvalue weighted by molar-refractivity contribution is -0.115. The Balaban J connectivity index is 1.50. The topological polar surface area (TPSA) is 76.8 Å². The van der Waals surface area contributed by atoms with Crippen LogP contribution in [0.1, 0.15) is 31.5 Å². The van der Waals surface area contributed by atoms with Crippen molar-refractivity contribution in [3.05, 3.63) is 40.4 Å². The molecule has 0 unspecified atom stereocenters. The monoisotopic (exact) mass is 406 g/mol. The number of nitrogens with zero attached hydrogens (tertiary/aromatic N) is 6. The van der Waals surface area contributed by atoms with Gasteiger partial charge in [-0.05, 0) is 41.5 Å². The molecule has 7 nitrogen and oxygen atoms in total. The molecule has 0 spiro atoms. The molecule has 1 amide bonds. The quantitative estimate of drug-likeness (QED) is 0.573. The third-order valence-electron chi connectivity index (χ3n) is 3.82. The number of carbonyl (C=O) groups is 1. The molecule has 0 aliphatic heterocycles. The number of carbonyl (C=O) groups excluding carboxylic acids is 1. The van der Waals surface area contributed by atoms with E-state index in [0.29, 0.717) is 27.6 Å². The van der Waals surface area contributed by atoms with Crippen LogP contribution >= 0.6 is 34.7 Å². The molecule has 134 valence electrons. The van der Waals surface area contributed by atoms with Crippen molar-refractivity contribution in [2.75, 3.05) is 4.90 Å². The highest BCUT2D eigenvalue weighted by Gasteiger charge is 2.28. The molecular weight excluding hydrogens is 392 g/mol. The predicted molar refractivity (Wildman–Crippen MR) is 102 cm³/mol. The van der Waals surface area contributed by atoms with Gasteiger partial charge in [0.25, 0.3) is 0 Å². The molecule has 10 heteroatoms. The summed E-state index contributed by atoms with van der Waals surface area (Å²) in [7, 11) is 0. The van der Waals surface area contributed by atoms with Crippen LogP contribution in [0.25, 0.3) is 0 Å². The van der Waals surface area contributed by atoms with Crippen molar-refractivity contribution < 1.29 is 4.79 Å². The maximum absolute atomic E-state index is 12.2. The Kier molecular flexibility index (Phi) is 4.92. The second-order valence-corrected chi connectivity index (χ2v) is 8.10. The third kappa shape index (κ3) is 3.74. The molecule has 0 atom stereocenters. The van der Waals surface area contributed by atoms with Crippen LogP contribution in [0, 0.1) is 0 Å². The van der Waals surface area contributed by atoms with Gasteiger partial charge in [0.05, 0.1) is 17.4 Å². The summed E-state index contributed by atoms with van der Waals surface area (Å²) in [4.78, 5) is 18.3. The zero-order valence-corrected chi connectivity index (χ0v) is 16.3. The van der Waals surface area contributed by atoms with E-state index >= 15 is 0 Å². The van der Waals surface area contributed by atoms with E-state index in [0.717, 1.165) is 23.7 Å². The van der Waals surface area contributed by atoms with Crippen molar-refractivity contribution >= 4 is 51.4 Å². The highest BCUT2D eigenvalue weighted by atomic mass is 35.5. The van der Waals surface area contributed by atoms with Gasteiger partial charge in [0, 0.05) is 23.1 Å². The lowest BCUT2D eigenvalue weighted by Crippen LogP contribution is -2.22. The number of thioether (sulfide) groups is 1. The first-order chi connectivity index (χ1) is 12.6. The van der Waals surface area contributed by atoms with Gasteiger partial charge in [0.15, 0.2) is 5.13 Å². The second-order valence-electron chi connectivity index (χ2n) is 5.88. The number of anilines is 2. The van der Waals surface area contributed by atoms with Crippen LogP contribution < -0.4 is 4.90 Å². The maximum atomic E-state index is 12.2. The maximum Gasteiger partial charge on any atom is 0.230 e. The summed E-state index contributed by atoms with van der Waals surface area (Å²) in [6.45, 7) is 1.51. The molecular formula is C16H15ClN6OS2. The fraction of sp³-hybridized carbons (Fsp3) is 0.312. The van der Waals surface area contributed by atoms with Gasteiger partial charge in [-0.2, -0.15) is 0 Å². The summed E-state index contributed by atoms with van der Waals surface area (Å²) < 4.78 is 1.88. The summed E-state index contributed by atoms with van der Waals surface area (Å²) >= 11 is 9.04. The molecule has 0 radical (unpaired) electrons. The van der Waals surface area contributed by atoms with Crippen molar-refractivity contribution in [3.8, 4) is 0 Å². The van der Waals surface area contributed by atoms with E-state index in [2.05, 4.69) is 20.5 Å². The molecule has 1 aliphatic carbocycles. The van der Waals surface area contributed by atoms with Crippen molar-refractivity contribution in [3.63, 3.8) is 0 Å². The van der Waals surface area contributed by atoms with Crippen LogP contribution in [0.5, 0.6) is 0 Å². The zero-order chi connectivity index (χ0) is 18.1. The minimum absolute atomic E-state index is 0.113. The Hall–Kier alpha value is -1.97. The SMILES string of the molecule is CC(=O)N(c1cccc(Cl)c1)c1nc(CSc2nnnn2C2CC2)cs1. The first-order valence-corrected chi connectivity index (χ1v) is 10.3. The normalized spacial score (nSPS) is 13.8. The van der Waals surface area contributed by atoms with E-state index in [1.807, 2.05) is 22.2 Å². The molecule has 2 heterocycles. The Labute approximate surface area is 163 Å². The van der Waals surface area contributed by atoms with Crippen LogP contribution in [0.4, 0.5) is 10.8 Å². The molecule has 4 rings (SSSR count). The third-order valence-corrected chi connectivity index (χ3v) is 5.89. The smallest absolute Gasteiger partial charge is 0.230 e. The van der Waals surface area contributed by atoms with Crippen molar-refractivity contribution in [1.82, 2.24) is 25.2 Å². The van der Waals surface area contributed by atoms with E-state index in [1.165, 1.54) is 18.3 Å². The molecule has 1 fully saturated rings. The molecule has 26 heavy (non-hydrogen) atoms. The average molecular weight is 407 g/mol. The number of tetrazole rings is 1. The largest absolute Gasteiger partial charge is 0.274 e. The van der Waals surface area contributed by atoms with E-state index in [1.54, 1.807) is 28.8 Å². The van der Waals surface area contributed by atoms with Crippen molar-refractivity contribution in [2.24, 2.45) is 0 Å². The van der Waals surface area contributed by atoms with Gasteiger partial charge in [-0.25, -0.2) is 9.67 Å². The minimum Gasteiger partial charge on any atom is -0.274 e. The number of benzene rings is 1. The number of aromatic nitrogens is 5. The Morgan fingerprint density at radius 1 is 1.46 bits per heavy atom. The van der Waals surface area contributed by atoms with E-state index in [9.17, 15) is 4.79 Å². The van der Waals surface area contributed by atoms with E-state index in [4.69, 9.17) is 11.6 Å². The summed E-state index contributed by atoms with van der Waals surface area (Å²) in [5.41, 5.74) is 1.59. The summed E-state index contributed by atoms with van der Waals surface area (Å²) in [5.74, 6) is 0.531. The number of hydrogen-bond donors (Lipinski definition) is 0. The van der Waals surface area contributed by atoms with Crippen LogP contribution in [-0.2, 0) is 10.5 Å². The first kappa shape index (κ1) is 17.4. The Bertz CT molecular complexity index is 938. The van der Waals surface area contributed by atoms with Gasteiger partial charge in [-0.15, -0.1) is 16.4 Å². The highest BCUT2D eigenvalue weighted by molar-refractivity contribution is 7.98. The van der Waals surface area contributed by atoms with Crippen LogP contribution in [-0.4, -0.2) is 31.1 Å². The Morgan fingerprint density at radius 2 is 2.31 bits per heavy atom. The van der Waals surface area contributed by atoms with Gasteiger partial charge in [-0.3, -0.25) is 9.69 Å². The molecule has 1 aromatic carbocycles. The summed E-state index contributed by atoms with van der Waals surface area (Å²) in [5, 5.41) is 15.8. The van der Waals surface area contributed by atoms with Crippen molar-refractivity contribution in [1.29, 1.82) is 0 Å². The lowest BCUT2D eigenvalue weighted by Gasteiger charge is -2.18. The number of rotatable bonds is 6. The molecule has 1 saturated carbocycles. The van der Waals surface area contributed by atoms with Gasteiger partial charge < -0.3 is 0 Å². The summed E-state index contributed by atoms with van der Waals surface area (Å²) in [6, 6.07) is 7.62. The number of thiazole rings is 1. The molecule has 0 N–H and O–H groups in total. The fourth-order valence-electron chi connectivity index (χ4n) is 2.47. The van der Waals surface area contributed by atoms with Gasteiger partial charge >= 0.3 is 0 Å². The number of amides is 1. The van der Waals surface area contributed by atoms with Crippen LogP contribution in [0.3, 0.4) is 0 Å². The summed E-state index contributed by atoms with van der Waals surface area (Å²) in [6.07, 6.45) is 2.26. The average Bonchev–Trinajstić information content (AvgIpc) is 3.16. The molecule has 2 aromatic heterocycles. The van der Waals surface area contributed by atoms with Gasteiger partial charge in [0.2, 0.25) is 11.1 Å². The highest BCUT2D eigenvalue weighted by Crippen LogP contribution is 2.37. The van der Waals surface area contributed by atoms with Crippen molar-refractivity contribution in [2.45, 2.75) is 36.7 Å². The minimum atomic E-state index is -0.113. The first-order valence-electron chi connectivity index (χ1n) is 8.03. The number of hydrogen-bond acceptors (Lipinski definition) is 7. The van der Waals surface area contributed by atoms with Crippen LogP contribution in [0.15, 0.2) is 34.8 Å². The van der Waals surface area contributed by atoms with E-state index < -0.39 is 0 Å². The standard InChI is InChI=1S/C16H15ClN6OS2/c1-10(24)22(14-4-2-3-11(17)7-14)15-18-12(8-25-15)9-26-16-19-20-21-23(16)13-5-6-13/h2-4,7-8,13H,5-6,9H2,1H3. The molecule has 3 aromatic rings. The van der Waals surface area contributed by atoms with E-state index in [-0.39, 0.29) is 5.91 Å². The fourth-order valence-corrected chi connectivity index (χ4v) is 4.49. The predicted octanol–water partition coefficient (Wildman–Crippen LogP) is 4.09.